The average molecular weight is 499 g/mol. The minimum absolute atomic E-state index is 0.270. The van der Waals surface area contributed by atoms with E-state index in [1.807, 2.05) is 0 Å². The van der Waals surface area contributed by atoms with Crippen LogP contribution in [0, 0.1) is 0 Å². The zero-order chi connectivity index (χ0) is 26.7. The Morgan fingerprint density at radius 1 is 0.944 bits per heavy atom. The molecule has 1 aromatic heterocycles. The second kappa shape index (κ2) is 10.7. The summed E-state index contributed by atoms with van der Waals surface area (Å²) in [6, 6.07) is 8.74. The molecule has 9 heteroatoms. The Morgan fingerprint density at radius 3 is 2.08 bits per heavy atom. The van der Waals surface area contributed by atoms with Crippen molar-refractivity contribution >= 4 is 29.6 Å². The summed E-state index contributed by atoms with van der Waals surface area (Å²) in [5.74, 6) is -0.235. The van der Waals surface area contributed by atoms with Crippen molar-refractivity contribution in [3.05, 3.63) is 41.6 Å². The van der Waals surface area contributed by atoms with E-state index in [0.717, 1.165) is 41.6 Å². The summed E-state index contributed by atoms with van der Waals surface area (Å²) in [4.78, 5) is 37.9. The van der Waals surface area contributed by atoms with Gasteiger partial charge in [0.2, 0.25) is 5.91 Å². The fraction of sp³-hybridized carbons (Fsp3) is 0.556. The largest absolute Gasteiger partial charge is 0.444 e. The van der Waals surface area contributed by atoms with Crippen LogP contribution in [0.25, 0.3) is 0 Å². The van der Waals surface area contributed by atoms with E-state index in [4.69, 9.17) is 9.47 Å². The summed E-state index contributed by atoms with van der Waals surface area (Å²) in [5.41, 5.74) is 0.811. The standard InChI is InChI=1S/C27H38N4O5/c1-17(18-12-14-20(15-13-18)28-24(33)35-26(2,3)4)23(32)29-22-16-21(19-10-8-9-11-19)30-31(22)25(34)36-27(5,6)7/h12-17,19H,8-11H2,1-7H3,(H,28,33)(H,29,32)/t17-/m0/s1. The molecule has 0 bridgehead atoms. The number of aromatic nitrogens is 2. The van der Waals surface area contributed by atoms with E-state index >= 15 is 0 Å². The molecule has 9 nitrogen and oxygen atoms in total. The van der Waals surface area contributed by atoms with E-state index < -0.39 is 29.3 Å². The van der Waals surface area contributed by atoms with Gasteiger partial charge in [0.25, 0.3) is 0 Å². The van der Waals surface area contributed by atoms with Gasteiger partial charge < -0.3 is 14.8 Å². The van der Waals surface area contributed by atoms with E-state index in [2.05, 4.69) is 15.7 Å². The van der Waals surface area contributed by atoms with Crippen LogP contribution in [0.15, 0.2) is 30.3 Å². The lowest BCUT2D eigenvalue weighted by atomic mass is 10.00. The van der Waals surface area contributed by atoms with Crippen LogP contribution >= 0.6 is 0 Å². The van der Waals surface area contributed by atoms with Gasteiger partial charge in [-0.05, 0) is 79.0 Å². The van der Waals surface area contributed by atoms with Crippen molar-refractivity contribution in [1.29, 1.82) is 0 Å². The van der Waals surface area contributed by atoms with Crippen molar-refractivity contribution in [2.45, 2.75) is 97.2 Å². The maximum Gasteiger partial charge on any atom is 0.437 e. The highest BCUT2D eigenvalue weighted by atomic mass is 16.6. The molecule has 1 saturated carbocycles. The van der Waals surface area contributed by atoms with Crippen LogP contribution in [0.4, 0.5) is 21.1 Å². The zero-order valence-electron chi connectivity index (χ0n) is 22.3. The van der Waals surface area contributed by atoms with Crippen LogP contribution in [-0.2, 0) is 14.3 Å². The lowest BCUT2D eigenvalue weighted by molar-refractivity contribution is -0.117. The van der Waals surface area contributed by atoms with Crippen LogP contribution in [0.3, 0.4) is 0 Å². The minimum Gasteiger partial charge on any atom is -0.444 e. The van der Waals surface area contributed by atoms with Gasteiger partial charge in [-0.2, -0.15) is 5.10 Å². The van der Waals surface area contributed by atoms with Crippen molar-refractivity contribution in [1.82, 2.24) is 9.78 Å². The van der Waals surface area contributed by atoms with E-state index in [1.54, 1.807) is 78.8 Å². The highest BCUT2D eigenvalue weighted by molar-refractivity contribution is 5.96. The van der Waals surface area contributed by atoms with Gasteiger partial charge in [0.15, 0.2) is 0 Å². The topological polar surface area (TPSA) is 112 Å². The SMILES string of the molecule is C[C@H](C(=O)Nc1cc(C2CCCC2)nn1C(=O)OC(C)(C)C)c1ccc(NC(=O)OC(C)(C)C)cc1. The predicted octanol–water partition coefficient (Wildman–Crippen LogP) is 6.41. The lowest BCUT2D eigenvalue weighted by Gasteiger charge is -2.20. The summed E-state index contributed by atoms with van der Waals surface area (Å²) in [6.07, 6.45) is 3.10. The summed E-state index contributed by atoms with van der Waals surface area (Å²) in [6.45, 7) is 12.5. The molecule has 1 aliphatic carbocycles. The number of nitrogens with zero attached hydrogens (tertiary/aromatic N) is 2. The number of carbonyl (C=O) groups is 3. The molecule has 1 aliphatic rings. The van der Waals surface area contributed by atoms with Gasteiger partial charge in [0.1, 0.15) is 17.0 Å². The number of rotatable bonds is 5. The molecular formula is C27H38N4O5. The fourth-order valence-corrected chi connectivity index (χ4v) is 4.02. The Hall–Kier alpha value is -3.36. The molecule has 3 rings (SSSR count). The Kier molecular flexibility index (Phi) is 8.11. The molecule has 1 fully saturated rings. The van der Waals surface area contributed by atoms with Gasteiger partial charge in [-0.25, -0.2) is 9.59 Å². The third kappa shape index (κ3) is 7.57. The molecule has 1 atom stereocenters. The Labute approximate surface area is 212 Å². The van der Waals surface area contributed by atoms with Crippen molar-refractivity contribution in [2.24, 2.45) is 0 Å². The first-order valence-electron chi connectivity index (χ1n) is 12.5. The van der Waals surface area contributed by atoms with E-state index in [9.17, 15) is 14.4 Å². The normalized spacial score (nSPS) is 15.3. The van der Waals surface area contributed by atoms with Crippen LogP contribution < -0.4 is 10.6 Å². The van der Waals surface area contributed by atoms with E-state index in [0.29, 0.717) is 11.5 Å². The summed E-state index contributed by atoms with van der Waals surface area (Å²) in [5, 5.41) is 10.0. The summed E-state index contributed by atoms with van der Waals surface area (Å²) < 4.78 is 11.9. The van der Waals surface area contributed by atoms with Gasteiger partial charge in [0.05, 0.1) is 11.6 Å². The smallest absolute Gasteiger partial charge is 0.437 e. The molecule has 196 valence electrons. The molecule has 0 radical (unpaired) electrons. The lowest BCUT2D eigenvalue weighted by Crippen LogP contribution is -2.30. The first-order chi connectivity index (χ1) is 16.7. The Morgan fingerprint density at radius 2 is 1.53 bits per heavy atom. The van der Waals surface area contributed by atoms with E-state index in [1.165, 1.54) is 0 Å². The third-order valence-corrected chi connectivity index (χ3v) is 5.77. The number of anilines is 2. The molecule has 2 aromatic rings. The zero-order valence-corrected chi connectivity index (χ0v) is 22.3. The molecule has 1 aromatic carbocycles. The van der Waals surface area contributed by atoms with E-state index in [-0.39, 0.29) is 11.8 Å². The first-order valence-corrected chi connectivity index (χ1v) is 12.5. The molecule has 0 saturated heterocycles. The van der Waals surface area contributed by atoms with Crippen LogP contribution in [-0.4, -0.2) is 39.1 Å². The fourth-order valence-electron chi connectivity index (χ4n) is 4.02. The summed E-state index contributed by atoms with van der Waals surface area (Å²) >= 11 is 0. The van der Waals surface area contributed by atoms with Crippen molar-refractivity contribution in [3.8, 4) is 0 Å². The third-order valence-electron chi connectivity index (χ3n) is 5.77. The van der Waals surface area contributed by atoms with Crippen molar-refractivity contribution in [3.63, 3.8) is 0 Å². The van der Waals surface area contributed by atoms with Gasteiger partial charge in [0, 0.05) is 17.7 Å². The van der Waals surface area contributed by atoms with Crippen LogP contribution in [0.5, 0.6) is 0 Å². The molecule has 0 aliphatic heterocycles. The number of amides is 2. The molecule has 2 amide bonds. The Balaban J connectivity index is 1.73. The van der Waals surface area contributed by atoms with Gasteiger partial charge in [-0.1, -0.05) is 25.0 Å². The quantitative estimate of drug-likeness (QED) is 0.492. The van der Waals surface area contributed by atoms with Gasteiger partial charge >= 0.3 is 12.2 Å². The number of hydrogen-bond donors (Lipinski definition) is 2. The average Bonchev–Trinajstić information content (AvgIpc) is 3.41. The highest BCUT2D eigenvalue weighted by Gasteiger charge is 2.28. The Bertz CT molecular complexity index is 1090. The number of benzene rings is 1. The number of carbonyl (C=O) groups excluding carboxylic acids is 3. The van der Waals surface area contributed by atoms with Crippen LogP contribution in [0.1, 0.15) is 97.2 Å². The second-order valence-electron chi connectivity index (χ2n) is 11.3. The van der Waals surface area contributed by atoms with Crippen molar-refractivity contribution < 1.29 is 23.9 Å². The molecule has 2 N–H and O–H groups in total. The molecule has 0 unspecified atom stereocenters. The number of hydrogen-bond acceptors (Lipinski definition) is 6. The monoisotopic (exact) mass is 498 g/mol. The highest BCUT2D eigenvalue weighted by Crippen LogP contribution is 2.35. The van der Waals surface area contributed by atoms with Gasteiger partial charge in [-0.3, -0.25) is 10.1 Å². The first kappa shape index (κ1) is 27.2. The molecular weight excluding hydrogens is 460 g/mol. The number of ether oxygens (including phenoxy) is 2. The van der Waals surface area contributed by atoms with Gasteiger partial charge in [-0.15, -0.1) is 4.68 Å². The predicted molar refractivity (Wildman–Crippen MR) is 138 cm³/mol. The maximum absolute atomic E-state index is 13.1. The maximum atomic E-state index is 13.1. The van der Waals surface area contributed by atoms with Crippen molar-refractivity contribution in [2.75, 3.05) is 10.6 Å². The molecule has 36 heavy (non-hydrogen) atoms. The molecule has 0 spiro atoms. The minimum atomic E-state index is -0.694. The summed E-state index contributed by atoms with van der Waals surface area (Å²) in [7, 11) is 0. The number of nitrogens with one attached hydrogen (secondary N) is 2. The molecule has 1 heterocycles. The van der Waals surface area contributed by atoms with Crippen LogP contribution in [0.2, 0.25) is 0 Å². The second-order valence-corrected chi connectivity index (χ2v) is 11.3.